The summed E-state index contributed by atoms with van der Waals surface area (Å²) in [4.78, 5) is 22.5. The van der Waals surface area contributed by atoms with Gasteiger partial charge in [-0.2, -0.15) is 0 Å². The molecule has 1 aromatic heterocycles. The molecule has 7 N–H and O–H groups in total. The molecule has 0 saturated carbocycles. The summed E-state index contributed by atoms with van der Waals surface area (Å²) in [5.41, 5.74) is 18.0. The van der Waals surface area contributed by atoms with Crippen LogP contribution in [0.15, 0.2) is 186 Å². The molecule has 16 nitrogen and oxygen atoms in total. The fourth-order valence-corrected chi connectivity index (χ4v) is 9.83. The SMILES string of the molecule is CC1CC(OCc2ccccc2Nc2cccc(NCc3ccc(OCCOc4ccc(CNc5cccc(N)c5OCCN(C)C)cc4)cc3)c2OCCN(C)C)=CC=C1CNc1ccc2c(-c3ccccc3)cc(=O)[nH]c2c1OCCN(C)C. The van der Waals surface area contributed by atoms with Crippen LogP contribution in [0, 0.1) is 5.92 Å². The number of rotatable bonds is 32. The third-order valence-corrected chi connectivity index (χ3v) is 14.7. The molecule has 0 fully saturated rings. The van der Waals surface area contributed by atoms with Crippen LogP contribution in [0.1, 0.15) is 30.0 Å². The molecule has 8 aromatic rings. The van der Waals surface area contributed by atoms with Gasteiger partial charge in [-0.25, -0.2) is 0 Å². The topological polar surface area (TPSA) is 172 Å². The summed E-state index contributed by atoms with van der Waals surface area (Å²) in [7, 11) is 12.1. The van der Waals surface area contributed by atoms with Gasteiger partial charge in [-0.3, -0.25) is 4.79 Å². The number of nitrogens with zero attached hydrogens (tertiary/aromatic N) is 3. The van der Waals surface area contributed by atoms with Gasteiger partial charge in [-0.15, -0.1) is 0 Å². The van der Waals surface area contributed by atoms with Crippen molar-refractivity contribution in [1.29, 1.82) is 0 Å². The number of aromatic nitrogens is 1. The fraction of sp³-hybridized carbons (Fsp3) is 0.300. The Hall–Kier alpha value is -9.09. The summed E-state index contributed by atoms with van der Waals surface area (Å²) in [6.07, 6.45) is 4.99. The highest BCUT2D eigenvalue weighted by molar-refractivity contribution is 6.00. The number of nitrogen functional groups attached to an aromatic ring is 1. The number of ether oxygens (including phenoxy) is 6. The number of hydrogen-bond donors (Lipinski definition) is 6. The van der Waals surface area contributed by atoms with Crippen molar-refractivity contribution in [3.63, 3.8) is 0 Å². The zero-order chi connectivity index (χ0) is 60.2. The Morgan fingerprint density at radius 2 is 1.05 bits per heavy atom. The summed E-state index contributed by atoms with van der Waals surface area (Å²) in [6, 6.07) is 52.0. The standard InChI is InChI=1S/C70H83N9O7/c1-49-43-57(32-27-53(49)47-74-64-34-33-58-59(52-15-9-8-10-16-52)44-66(80)76-67(58)70(64)85-40-37-79(6)7)86-48-54-17-11-12-19-61(54)75-65-22-14-21-63(69(65)84-39-36-78(4)5)73-46-51-25-30-56(31-26-51)82-42-41-81-55-28-23-50(24-29-55)45-72-62-20-13-18-60(71)68(62)83-38-35-77(2)3/h8-34,44,49,72-75H,35-43,45-48,71H2,1-7H3,(H,76,80). The van der Waals surface area contributed by atoms with Gasteiger partial charge in [0, 0.05) is 68.4 Å². The highest BCUT2D eigenvalue weighted by Gasteiger charge is 2.21. The number of pyridine rings is 1. The van der Waals surface area contributed by atoms with Crippen LogP contribution >= 0.6 is 0 Å². The lowest BCUT2D eigenvalue weighted by Gasteiger charge is -2.24. The third kappa shape index (κ3) is 17.5. The molecule has 0 spiro atoms. The van der Waals surface area contributed by atoms with E-state index in [1.807, 2.05) is 158 Å². The van der Waals surface area contributed by atoms with Gasteiger partial charge in [-0.1, -0.05) is 97.9 Å². The zero-order valence-corrected chi connectivity index (χ0v) is 50.7. The molecule has 86 heavy (non-hydrogen) atoms. The molecule has 0 radical (unpaired) electrons. The van der Waals surface area contributed by atoms with Gasteiger partial charge in [0.1, 0.15) is 51.1 Å². The largest absolute Gasteiger partial charge is 0.493 e. The fourth-order valence-electron chi connectivity index (χ4n) is 9.83. The lowest BCUT2D eigenvalue weighted by atomic mass is 9.92. The molecule has 1 heterocycles. The van der Waals surface area contributed by atoms with Crippen LogP contribution in [0.25, 0.3) is 22.0 Å². The van der Waals surface area contributed by atoms with Gasteiger partial charge < -0.3 is 75.1 Å². The number of nitrogens with one attached hydrogen (secondary N) is 5. The number of anilines is 6. The van der Waals surface area contributed by atoms with Crippen molar-refractivity contribution in [2.45, 2.75) is 33.0 Å². The van der Waals surface area contributed by atoms with Crippen molar-refractivity contribution < 1.29 is 28.4 Å². The van der Waals surface area contributed by atoms with Crippen LogP contribution in [-0.2, 0) is 24.4 Å². The maximum Gasteiger partial charge on any atom is 0.249 e. The van der Waals surface area contributed by atoms with Gasteiger partial charge in [0.05, 0.1) is 39.7 Å². The van der Waals surface area contributed by atoms with Crippen LogP contribution in [0.2, 0.25) is 0 Å². The second-order valence-electron chi connectivity index (χ2n) is 22.2. The predicted molar refractivity (Wildman–Crippen MR) is 351 cm³/mol. The summed E-state index contributed by atoms with van der Waals surface area (Å²) in [6.45, 7) is 8.98. The minimum absolute atomic E-state index is 0.180. The zero-order valence-electron chi connectivity index (χ0n) is 50.7. The van der Waals surface area contributed by atoms with E-state index in [-0.39, 0.29) is 11.5 Å². The number of H-pyrrole nitrogens is 1. The Morgan fingerprint density at radius 1 is 0.512 bits per heavy atom. The minimum Gasteiger partial charge on any atom is -0.493 e. The Bertz CT molecular complexity index is 3590. The number of nitrogens with two attached hydrogens (primary N) is 1. The molecule has 9 rings (SSSR count). The molecular weight excluding hydrogens is 1080 g/mol. The monoisotopic (exact) mass is 1160 g/mol. The van der Waals surface area contributed by atoms with E-state index in [2.05, 4.69) is 96.4 Å². The Balaban J connectivity index is 0.776. The summed E-state index contributed by atoms with van der Waals surface area (Å²) >= 11 is 0. The average Bonchev–Trinajstić information content (AvgIpc) is 2.85. The van der Waals surface area contributed by atoms with Crippen molar-refractivity contribution >= 4 is 45.0 Å². The first-order chi connectivity index (χ1) is 41.8. The van der Waals surface area contributed by atoms with E-state index in [9.17, 15) is 4.79 Å². The number of fused-ring (bicyclic) bond motifs is 1. The van der Waals surface area contributed by atoms with Gasteiger partial charge in [0.15, 0.2) is 17.2 Å². The van der Waals surface area contributed by atoms with Crippen LogP contribution in [0.4, 0.5) is 34.1 Å². The van der Waals surface area contributed by atoms with Gasteiger partial charge >= 0.3 is 0 Å². The lowest BCUT2D eigenvalue weighted by molar-refractivity contribution is 0.182. The normalized spacial score (nSPS) is 13.1. The van der Waals surface area contributed by atoms with E-state index in [4.69, 9.17) is 34.2 Å². The Kier molecular flexibility index (Phi) is 21.9. The van der Waals surface area contributed by atoms with Crippen molar-refractivity contribution in [3.05, 3.63) is 208 Å². The van der Waals surface area contributed by atoms with Crippen LogP contribution in [0.5, 0.6) is 28.7 Å². The first-order valence-electron chi connectivity index (χ1n) is 29.5. The number of likely N-dealkylation sites (N-methyl/N-ethyl adjacent to an activating group) is 3. The van der Waals surface area contributed by atoms with Crippen LogP contribution in [-0.4, -0.2) is 121 Å². The quantitative estimate of drug-likeness (QED) is 0.0174. The van der Waals surface area contributed by atoms with E-state index < -0.39 is 0 Å². The number of para-hydroxylation sites is 3. The molecule has 0 bridgehead atoms. The van der Waals surface area contributed by atoms with E-state index in [0.29, 0.717) is 82.0 Å². The molecule has 1 atom stereocenters. The maximum atomic E-state index is 13.1. The van der Waals surface area contributed by atoms with E-state index >= 15 is 0 Å². The molecule has 450 valence electrons. The molecule has 16 heteroatoms. The number of benzene rings is 7. The van der Waals surface area contributed by atoms with E-state index in [0.717, 1.165) is 111 Å². The Labute approximate surface area is 506 Å². The average molecular weight is 1160 g/mol. The van der Waals surface area contributed by atoms with Gasteiger partial charge in [-0.05, 0) is 149 Å². The predicted octanol–water partition coefficient (Wildman–Crippen LogP) is 12.5. The van der Waals surface area contributed by atoms with E-state index in [1.54, 1.807) is 6.07 Å². The molecule has 1 aliphatic carbocycles. The molecule has 0 aliphatic heterocycles. The number of aromatic amines is 1. The Morgan fingerprint density at radius 3 is 1.67 bits per heavy atom. The molecule has 1 aliphatic rings. The second-order valence-corrected chi connectivity index (χ2v) is 22.2. The number of allylic oxidation sites excluding steroid dienone is 3. The van der Waals surface area contributed by atoms with Gasteiger partial charge in [0.25, 0.3) is 0 Å². The first kappa shape index (κ1) is 61.5. The maximum absolute atomic E-state index is 13.1. The minimum atomic E-state index is -0.180. The summed E-state index contributed by atoms with van der Waals surface area (Å²) in [5.74, 6) is 4.72. The molecule has 1 unspecified atom stereocenters. The van der Waals surface area contributed by atoms with Crippen LogP contribution < -0.4 is 56.2 Å². The highest BCUT2D eigenvalue weighted by Crippen LogP contribution is 2.40. The second kappa shape index (κ2) is 30.6. The summed E-state index contributed by atoms with van der Waals surface area (Å²) in [5, 5.41) is 15.4. The summed E-state index contributed by atoms with van der Waals surface area (Å²) < 4.78 is 37.7. The molecular formula is C70H83N9O7. The van der Waals surface area contributed by atoms with Crippen molar-refractivity contribution in [2.24, 2.45) is 5.92 Å². The van der Waals surface area contributed by atoms with Gasteiger partial charge in [0.2, 0.25) is 5.56 Å². The molecule has 0 saturated heterocycles. The first-order valence-corrected chi connectivity index (χ1v) is 29.5. The van der Waals surface area contributed by atoms with Crippen molar-refractivity contribution in [3.8, 4) is 39.9 Å². The van der Waals surface area contributed by atoms with Crippen molar-refractivity contribution in [2.75, 3.05) is 129 Å². The molecule has 7 aromatic carbocycles. The highest BCUT2D eigenvalue weighted by atomic mass is 16.5. The number of hydrogen-bond acceptors (Lipinski definition) is 15. The lowest BCUT2D eigenvalue weighted by Crippen LogP contribution is -2.20. The third-order valence-electron chi connectivity index (χ3n) is 14.7. The van der Waals surface area contributed by atoms with Crippen molar-refractivity contribution in [1.82, 2.24) is 19.7 Å². The molecule has 0 amide bonds. The smallest absolute Gasteiger partial charge is 0.249 e. The van der Waals surface area contributed by atoms with E-state index in [1.165, 1.54) is 5.57 Å². The van der Waals surface area contributed by atoms with Crippen LogP contribution in [0.3, 0.4) is 0 Å².